The number of aryl methyl sites for hydroxylation is 2. The fourth-order valence-corrected chi connectivity index (χ4v) is 3.03. The lowest BCUT2D eigenvalue weighted by molar-refractivity contribution is -0.136. The summed E-state index contributed by atoms with van der Waals surface area (Å²) in [6, 6.07) is 15.5. The number of anilines is 1. The molecule has 0 saturated carbocycles. The topological polar surface area (TPSA) is 75.5 Å². The van der Waals surface area contributed by atoms with Gasteiger partial charge >= 0.3 is 11.8 Å². The highest BCUT2D eigenvalue weighted by Gasteiger charge is 2.15. The van der Waals surface area contributed by atoms with Gasteiger partial charge in [0.25, 0.3) is 0 Å². The van der Waals surface area contributed by atoms with Gasteiger partial charge in [0, 0.05) is 22.6 Å². The summed E-state index contributed by atoms with van der Waals surface area (Å²) in [6.45, 7) is 5.51. The maximum absolute atomic E-state index is 14.1. The lowest BCUT2D eigenvalue weighted by Gasteiger charge is -2.10. The molecular weight excluding hydrogens is 371 g/mol. The Morgan fingerprint density at radius 1 is 1.00 bits per heavy atom. The number of nitrogens with one attached hydrogen (secondary N) is 2. The molecule has 0 aliphatic carbocycles. The van der Waals surface area contributed by atoms with Crippen molar-refractivity contribution >= 4 is 23.7 Å². The van der Waals surface area contributed by atoms with Gasteiger partial charge in [-0.2, -0.15) is 5.10 Å². The first-order chi connectivity index (χ1) is 13.9. The zero-order valence-corrected chi connectivity index (χ0v) is 16.4. The van der Waals surface area contributed by atoms with Gasteiger partial charge in [0.2, 0.25) is 0 Å². The second kappa shape index (κ2) is 8.52. The monoisotopic (exact) mass is 392 g/mol. The van der Waals surface area contributed by atoms with Crippen molar-refractivity contribution in [1.82, 2.24) is 9.99 Å². The van der Waals surface area contributed by atoms with Gasteiger partial charge in [-0.3, -0.25) is 9.59 Å². The summed E-state index contributed by atoms with van der Waals surface area (Å²) in [7, 11) is 0. The van der Waals surface area contributed by atoms with Gasteiger partial charge < -0.3 is 9.88 Å². The highest BCUT2D eigenvalue weighted by Crippen LogP contribution is 2.21. The van der Waals surface area contributed by atoms with E-state index >= 15 is 0 Å². The number of carbonyl (C=O) groups excluding carboxylic acids is 2. The van der Waals surface area contributed by atoms with E-state index in [4.69, 9.17) is 0 Å². The van der Waals surface area contributed by atoms with E-state index in [0.29, 0.717) is 16.9 Å². The molecule has 3 rings (SSSR count). The van der Waals surface area contributed by atoms with Gasteiger partial charge in [0.05, 0.1) is 11.9 Å². The van der Waals surface area contributed by atoms with Gasteiger partial charge in [-0.25, -0.2) is 9.82 Å². The summed E-state index contributed by atoms with van der Waals surface area (Å²) in [5, 5.41) is 6.41. The molecule has 0 aliphatic heterocycles. The molecule has 29 heavy (non-hydrogen) atoms. The van der Waals surface area contributed by atoms with Crippen LogP contribution in [0.4, 0.5) is 10.1 Å². The standard InChI is InChI=1S/C22H21FN4O2/c1-14-8-4-6-10-19(14)25-21(28)22(29)26-24-13-17-12-15(2)27(16(17)3)20-11-7-5-9-18(20)23/h4-13H,1-3H3,(H,25,28)(H,26,29)/b24-13-. The molecule has 148 valence electrons. The van der Waals surface area contributed by atoms with Crippen LogP contribution in [-0.4, -0.2) is 22.6 Å². The highest BCUT2D eigenvalue weighted by atomic mass is 19.1. The number of hydrogen-bond donors (Lipinski definition) is 2. The minimum Gasteiger partial charge on any atom is -0.317 e. The van der Waals surface area contributed by atoms with Crippen LogP contribution in [-0.2, 0) is 9.59 Å². The van der Waals surface area contributed by atoms with Crippen molar-refractivity contribution in [3.8, 4) is 5.69 Å². The Bertz CT molecular complexity index is 1100. The molecule has 0 bridgehead atoms. The number of benzene rings is 2. The number of hydrogen-bond acceptors (Lipinski definition) is 3. The van der Waals surface area contributed by atoms with Gasteiger partial charge in [-0.05, 0) is 50.6 Å². The molecule has 0 saturated heterocycles. The summed E-state index contributed by atoms with van der Waals surface area (Å²) >= 11 is 0. The quantitative estimate of drug-likeness (QED) is 0.404. The van der Waals surface area contributed by atoms with Crippen molar-refractivity contribution in [2.45, 2.75) is 20.8 Å². The third-order valence-electron chi connectivity index (χ3n) is 4.53. The Morgan fingerprint density at radius 2 is 1.69 bits per heavy atom. The molecule has 1 heterocycles. The molecule has 0 spiro atoms. The number of carbonyl (C=O) groups is 2. The van der Waals surface area contributed by atoms with Crippen LogP contribution in [0, 0.1) is 26.6 Å². The largest absolute Gasteiger partial charge is 0.329 e. The molecule has 0 unspecified atom stereocenters. The molecule has 3 aromatic rings. The van der Waals surface area contributed by atoms with Gasteiger partial charge in [0.1, 0.15) is 5.82 Å². The molecule has 0 atom stereocenters. The second-order valence-corrected chi connectivity index (χ2v) is 6.58. The van der Waals surface area contributed by atoms with Crippen LogP contribution in [0.3, 0.4) is 0 Å². The summed E-state index contributed by atoms with van der Waals surface area (Å²) in [5.74, 6) is -2.03. The fourth-order valence-electron chi connectivity index (χ4n) is 3.03. The van der Waals surface area contributed by atoms with E-state index in [1.807, 2.05) is 39.0 Å². The van der Waals surface area contributed by atoms with Crippen LogP contribution < -0.4 is 10.7 Å². The van der Waals surface area contributed by atoms with E-state index in [-0.39, 0.29) is 5.82 Å². The summed E-state index contributed by atoms with van der Waals surface area (Å²) in [6.07, 6.45) is 1.43. The first-order valence-electron chi connectivity index (χ1n) is 9.02. The van der Waals surface area contributed by atoms with Crippen LogP contribution in [0.1, 0.15) is 22.5 Å². The molecule has 0 fully saturated rings. The van der Waals surface area contributed by atoms with E-state index in [2.05, 4.69) is 15.8 Å². The van der Waals surface area contributed by atoms with E-state index in [1.165, 1.54) is 12.3 Å². The first kappa shape index (κ1) is 20.0. The molecule has 0 aliphatic rings. The molecule has 2 amide bonds. The number of amides is 2. The average molecular weight is 392 g/mol. The molecule has 6 nitrogen and oxygen atoms in total. The molecule has 2 N–H and O–H groups in total. The molecule has 2 aromatic carbocycles. The molecule has 0 radical (unpaired) electrons. The number of rotatable bonds is 4. The maximum Gasteiger partial charge on any atom is 0.329 e. The van der Waals surface area contributed by atoms with Gasteiger partial charge in [-0.1, -0.05) is 30.3 Å². The summed E-state index contributed by atoms with van der Waals surface area (Å²) in [4.78, 5) is 24.0. The summed E-state index contributed by atoms with van der Waals surface area (Å²) in [5.41, 5.74) is 6.33. The zero-order chi connectivity index (χ0) is 21.0. The fraction of sp³-hybridized carbons (Fsp3) is 0.136. The SMILES string of the molecule is Cc1ccccc1NC(=O)C(=O)N/N=C\c1cc(C)n(-c2ccccc2F)c1C. The summed E-state index contributed by atoms with van der Waals surface area (Å²) < 4.78 is 15.9. The smallest absolute Gasteiger partial charge is 0.317 e. The zero-order valence-electron chi connectivity index (χ0n) is 16.4. The minimum absolute atomic E-state index is 0.334. The lowest BCUT2D eigenvalue weighted by Crippen LogP contribution is -2.32. The Hall–Kier alpha value is -3.74. The van der Waals surface area contributed by atoms with Crippen molar-refractivity contribution < 1.29 is 14.0 Å². The van der Waals surface area contributed by atoms with Crippen LogP contribution in [0.5, 0.6) is 0 Å². The predicted molar refractivity (Wildman–Crippen MR) is 111 cm³/mol. The molecular formula is C22H21FN4O2. The number of hydrazone groups is 1. The Kier molecular flexibility index (Phi) is 5.87. The Morgan fingerprint density at radius 3 is 2.41 bits per heavy atom. The van der Waals surface area contributed by atoms with Crippen molar-refractivity contribution in [3.05, 3.63) is 82.9 Å². The van der Waals surface area contributed by atoms with E-state index < -0.39 is 11.8 Å². The number of aromatic nitrogens is 1. The average Bonchev–Trinajstić information content (AvgIpc) is 2.97. The van der Waals surface area contributed by atoms with Crippen molar-refractivity contribution in [1.29, 1.82) is 0 Å². The van der Waals surface area contributed by atoms with Crippen LogP contribution >= 0.6 is 0 Å². The van der Waals surface area contributed by atoms with Crippen molar-refractivity contribution in [2.24, 2.45) is 5.10 Å². The van der Waals surface area contributed by atoms with Crippen LogP contribution in [0.25, 0.3) is 5.69 Å². The normalized spacial score (nSPS) is 10.9. The van der Waals surface area contributed by atoms with Crippen LogP contribution in [0.15, 0.2) is 59.7 Å². The number of nitrogens with zero attached hydrogens (tertiary/aromatic N) is 2. The first-order valence-corrected chi connectivity index (χ1v) is 9.02. The predicted octanol–water partition coefficient (Wildman–Crippen LogP) is 3.63. The lowest BCUT2D eigenvalue weighted by atomic mass is 10.2. The molecule has 1 aromatic heterocycles. The second-order valence-electron chi connectivity index (χ2n) is 6.58. The van der Waals surface area contributed by atoms with Gasteiger partial charge in [-0.15, -0.1) is 0 Å². The Balaban J connectivity index is 1.70. The third-order valence-corrected chi connectivity index (χ3v) is 4.53. The highest BCUT2D eigenvalue weighted by molar-refractivity contribution is 6.39. The van der Waals surface area contributed by atoms with Crippen molar-refractivity contribution in [3.63, 3.8) is 0 Å². The number of para-hydroxylation sites is 2. The van der Waals surface area contributed by atoms with Gasteiger partial charge in [0.15, 0.2) is 0 Å². The Labute approximate surface area is 168 Å². The molecule has 7 heteroatoms. The minimum atomic E-state index is -0.882. The third kappa shape index (κ3) is 4.40. The van der Waals surface area contributed by atoms with Crippen LogP contribution in [0.2, 0.25) is 0 Å². The van der Waals surface area contributed by atoms with E-state index in [9.17, 15) is 14.0 Å². The number of halogens is 1. The van der Waals surface area contributed by atoms with E-state index in [0.717, 1.165) is 17.0 Å². The maximum atomic E-state index is 14.1. The van der Waals surface area contributed by atoms with Crippen molar-refractivity contribution in [2.75, 3.05) is 5.32 Å². The van der Waals surface area contributed by atoms with E-state index in [1.54, 1.807) is 34.9 Å².